The second-order valence-corrected chi connectivity index (χ2v) is 3.58. The monoisotopic (exact) mass is 232 g/mol. The van der Waals surface area contributed by atoms with E-state index >= 15 is 0 Å². The van der Waals surface area contributed by atoms with E-state index in [-0.39, 0.29) is 24.9 Å². The number of carbonyl (C=O) groups is 2. The minimum absolute atomic E-state index is 0.00485. The van der Waals surface area contributed by atoms with Gasteiger partial charge >= 0.3 is 12.4 Å². The molecular weight excluding hydrogens is 216 g/mol. The topological polar surface area (TPSA) is 104 Å². The number of hydrogen-bond donors (Lipinski definition) is 3. The van der Waals surface area contributed by atoms with Crippen LogP contribution in [0.5, 0.6) is 0 Å². The largest absolute Gasteiger partial charge is 0.396 e. The fourth-order valence-corrected chi connectivity index (χ4v) is 1.03. The maximum Gasteiger partial charge on any atom is 0.340 e. The van der Waals surface area contributed by atoms with Gasteiger partial charge in [-0.1, -0.05) is 6.58 Å². The summed E-state index contributed by atoms with van der Waals surface area (Å²) in [6.07, 6.45) is 0.289. The van der Waals surface area contributed by atoms with Crippen molar-refractivity contribution in [1.29, 1.82) is 0 Å². The number of aliphatic hydroxyl groups is 3. The van der Waals surface area contributed by atoms with E-state index in [2.05, 4.69) is 11.3 Å². The Morgan fingerprint density at radius 3 is 2.12 bits per heavy atom. The zero-order valence-electron chi connectivity index (χ0n) is 8.89. The average Bonchev–Trinajstić information content (AvgIpc) is 2.31. The lowest BCUT2D eigenvalue weighted by Crippen LogP contribution is -2.34. The highest BCUT2D eigenvalue weighted by Crippen LogP contribution is 2.24. The Bertz CT molecular complexity index is 248. The molecule has 0 bridgehead atoms. The summed E-state index contributed by atoms with van der Waals surface area (Å²) in [7, 11) is 0. The van der Waals surface area contributed by atoms with Crippen molar-refractivity contribution in [3.05, 3.63) is 12.2 Å². The van der Waals surface area contributed by atoms with E-state index in [1.165, 1.54) is 0 Å². The van der Waals surface area contributed by atoms with Crippen molar-refractivity contribution < 1.29 is 29.6 Å². The van der Waals surface area contributed by atoms with Gasteiger partial charge in [-0.15, -0.1) is 0 Å². The molecule has 0 aromatic carbocycles. The van der Waals surface area contributed by atoms with Crippen LogP contribution < -0.4 is 0 Å². The summed E-state index contributed by atoms with van der Waals surface area (Å²) in [6.45, 7) is 2.19. The molecule has 0 aliphatic rings. The quantitative estimate of drug-likeness (QED) is 0.214. The summed E-state index contributed by atoms with van der Waals surface area (Å²) < 4.78 is 4.06. The number of rotatable bonds is 8. The Balaban J connectivity index is 4.26. The molecule has 0 unspecified atom stereocenters. The van der Waals surface area contributed by atoms with E-state index in [1.807, 2.05) is 0 Å². The van der Waals surface area contributed by atoms with E-state index in [1.54, 1.807) is 0 Å². The summed E-state index contributed by atoms with van der Waals surface area (Å²) in [5.41, 5.74) is -1.00. The van der Waals surface area contributed by atoms with Crippen LogP contribution in [-0.2, 0) is 14.3 Å². The van der Waals surface area contributed by atoms with Crippen LogP contribution in [0.15, 0.2) is 12.2 Å². The van der Waals surface area contributed by atoms with Crippen molar-refractivity contribution in [3.8, 4) is 0 Å². The molecule has 16 heavy (non-hydrogen) atoms. The lowest BCUT2D eigenvalue weighted by Gasteiger charge is -2.27. The van der Waals surface area contributed by atoms with Crippen molar-refractivity contribution in [1.82, 2.24) is 0 Å². The molecule has 0 aliphatic heterocycles. The van der Waals surface area contributed by atoms with E-state index in [4.69, 9.17) is 15.3 Å². The fourth-order valence-electron chi connectivity index (χ4n) is 1.03. The van der Waals surface area contributed by atoms with Crippen LogP contribution in [0, 0.1) is 5.41 Å². The Kier molecular flexibility index (Phi) is 6.55. The van der Waals surface area contributed by atoms with Crippen molar-refractivity contribution in [2.45, 2.75) is 12.8 Å². The van der Waals surface area contributed by atoms with Gasteiger partial charge in [0, 0.05) is 11.0 Å². The predicted octanol–water partition coefficient (Wildman–Crippen LogP) is -1.01. The first-order valence-corrected chi connectivity index (χ1v) is 4.70. The molecule has 0 saturated heterocycles. The van der Waals surface area contributed by atoms with Gasteiger partial charge in [-0.3, -0.25) is 4.79 Å². The maximum atomic E-state index is 11.0. The van der Waals surface area contributed by atoms with Crippen LogP contribution in [0.3, 0.4) is 0 Å². The van der Waals surface area contributed by atoms with Crippen LogP contribution in [0.25, 0.3) is 0 Å². The minimum atomic E-state index is -1.05. The zero-order valence-corrected chi connectivity index (χ0v) is 8.89. The van der Waals surface area contributed by atoms with Gasteiger partial charge in [-0.25, -0.2) is 4.79 Å². The highest BCUT2D eigenvalue weighted by atomic mass is 16.6. The summed E-state index contributed by atoms with van der Waals surface area (Å²) >= 11 is 0. The van der Waals surface area contributed by atoms with Crippen LogP contribution in [0.1, 0.15) is 12.8 Å². The van der Waals surface area contributed by atoms with Gasteiger partial charge in [-0.05, 0) is 12.8 Å². The lowest BCUT2D eigenvalue weighted by atomic mass is 9.84. The van der Waals surface area contributed by atoms with E-state index in [0.717, 1.165) is 0 Å². The Labute approximate surface area is 93.2 Å². The molecule has 0 spiro atoms. The first-order chi connectivity index (χ1) is 7.55. The summed E-state index contributed by atoms with van der Waals surface area (Å²) in [6, 6.07) is 0. The first kappa shape index (κ1) is 14.8. The van der Waals surface area contributed by atoms with Crippen molar-refractivity contribution in [2.75, 3.05) is 19.8 Å². The molecule has 0 aliphatic carbocycles. The van der Waals surface area contributed by atoms with Crippen LogP contribution in [-0.4, -0.2) is 47.6 Å². The molecule has 3 N–H and O–H groups in total. The van der Waals surface area contributed by atoms with Gasteiger partial charge in [0.2, 0.25) is 0 Å². The molecule has 0 rings (SSSR count). The van der Waals surface area contributed by atoms with Gasteiger partial charge in [0.05, 0.1) is 19.8 Å². The molecule has 0 aromatic rings. The maximum absolute atomic E-state index is 11.0. The second-order valence-electron chi connectivity index (χ2n) is 3.58. The molecule has 0 radical (unpaired) electrons. The van der Waals surface area contributed by atoms with Crippen LogP contribution in [0.4, 0.5) is 0 Å². The zero-order chi connectivity index (χ0) is 12.6. The lowest BCUT2D eigenvalue weighted by molar-refractivity contribution is -0.148. The van der Waals surface area contributed by atoms with Gasteiger partial charge in [-0.2, -0.15) is 0 Å². The number of carbonyl (C=O) groups excluding carboxylic acids is 2. The molecule has 6 nitrogen and oxygen atoms in total. The molecule has 0 amide bonds. The van der Waals surface area contributed by atoms with Crippen LogP contribution in [0.2, 0.25) is 0 Å². The molecule has 0 atom stereocenters. The fraction of sp³-hybridized carbons (Fsp3) is 0.600. The third kappa shape index (κ3) is 4.09. The standard InChI is InChI=1S/C10H16O6/c1-8(9(15)16-7-14)2-3-10(4-11,5-12)6-13/h7,11-13H,1-6H2. The normalized spacial score (nSPS) is 10.9. The second kappa shape index (κ2) is 7.10. The summed E-state index contributed by atoms with van der Waals surface area (Å²) in [4.78, 5) is 20.9. The van der Waals surface area contributed by atoms with Gasteiger partial charge in [0.1, 0.15) is 0 Å². The number of aliphatic hydroxyl groups excluding tert-OH is 3. The molecular formula is C10H16O6. The minimum Gasteiger partial charge on any atom is -0.396 e. The molecule has 0 fully saturated rings. The highest BCUT2D eigenvalue weighted by molar-refractivity contribution is 5.91. The summed E-state index contributed by atoms with van der Waals surface area (Å²) in [5, 5.41) is 27.0. The Morgan fingerprint density at radius 2 is 1.75 bits per heavy atom. The number of esters is 1. The van der Waals surface area contributed by atoms with E-state index < -0.39 is 31.2 Å². The highest BCUT2D eigenvalue weighted by Gasteiger charge is 2.28. The third-order valence-electron chi connectivity index (χ3n) is 2.41. The van der Waals surface area contributed by atoms with E-state index in [9.17, 15) is 9.59 Å². The molecule has 6 heteroatoms. The average molecular weight is 232 g/mol. The number of hydrogen-bond acceptors (Lipinski definition) is 6. The van der Waals surface area contributed by atoms with E-state index in [0.29, 0.717) is 0 Å². The summed E-state index contributed by atoms with van der Waals surface area (Å²) in [5.74, 6) is -0.849. The number of ether oxygens (including phenoxy) is 1. The van der Waals surface area contributed by atoms with Crippen molar-refractivity contribution in [3.63, 3.8) is 0 Å². The van der Waals surface area contributed by atoms with Gasteiger partial charge < -0.3 is 20.1 Å². The van der Waals surface area contributed by atoms with Crippen molar-refractivity contribution in [2.24, 2.45) is 5.41 Å². The smallest absolute Gasteiger partial charge is 0.340 e. The predicted molar refractivity (Wildman–Crippen MR) is 54.2 cm³/mol. The first-order valence-electron chi connectivity index (χ1n) is 4.70. The Morgan fingerprint density at radius 1 is 1.25 bits per heavy atom. The SMILES string of the molecule is C=C(CCC(CO)(CO)CO)C(=O)OC=O. The third-order valence-corrected chi connectivity index (χ3v) is 2.41. The van der Waals surface area contributed by atoms with Crippen LogP contribution >= 0.6 is 0 Å². The van der Waals surface area contributed by atoms with Gasteiger partial charge in [0.25, 0.3) is 0 Å². The molecule has 0 saturated carbocycles. The van der Waals surface area contributed by atoms with Crippen molar-refractivity contribution >= 4 is 12.4 Å². The van der Waals surface area contributed by atoms with Gasteiger partial charge in [0.15, 0.2) is 0 Å². The molecule has 0 heterocycles. The molecule has 92 valence electrons. The Hall–Kier alpha value is -1.24. The molecule has 0 aromatic heterocycles.